The van der Waals surface area contributed by atoms with Gasteiger partial charge in [-0.1, -0.05) is 32.0 Å². The van der Waals surface area contributed by atoms with Gasteiger partial charge >= 0.3 is 0 Å². The lowest BCUT2D eigenvalue weighted by atomic mass is 9.84. The normalized spacial score (nSPS) is 20.5. The first kappa shape index (κ1) is 26.4. The monoisotopic (exact) mass is 489 g/mol. The van der Waals surface area contributed by atoms with Crippen molar-refractivity contribution in [1.29, 1.82) is 0 Å². The molecule has 0 unspecified atom stereocenters. The van der Waals surface area contributed by atoms with Gasteiger partial charge in [-0.3, -0.25) is 9.59 Å². The number of nitrogens with zero attached hydrogens (tertiary/aromatic N) is 2. The van der Waals surface area contributed by atoms with E-state index >= 15 is 0 Å². The molecule has 194 valence electrons. The molecule has 36 heavy (non-hydrogen) atoms. The van der Waals surface area contributed by atoms with Crippen molar-refractivity contribution in [2.24, 2.45) is 11.8 Å². The van der Waals surface area contributed by atoms with E-state index in [1.807, 2.05) is 63.2 Å². The number of fused-ring (bicyclic) bond motifs is 1. The smallest absolute Gasteiger partial charge is 0.251 e. The first-order valence-corrected chi connectivity index (χ1v) is 13.8. The number of nitrogens with one attached hydrogen (secondary N) is 1. The average molecular weight is 490 g/mol. The molecular weight excluding hydrogens is 446 g/mol. The van der Waals surface area contributed by atoms with Gasteiger partial charge in [-0.25, -0.2) is 0 Å². The molecule has 1 fully saturated rings. The van der Waals surface area contributed by atoms with E-state index in [9.17, 15) is 9.59 Å². The maximum Gasteiger partial charge on any atom is 0.251 e. The van der Waals surface area contributed by atoms with Crippen LogP contribution in [0.5, 0.6) is 0 Å². The largest absolute Gasteiger partial charge is 0.378 e. The van der Waals surface area contributed by atoms with Crippen LogP contribution in [0.15, 0.2) is 42.5 Å². The molecule has 0 aromatic heterocycles. The van der Waals surface area contributed by atoms with Gasteiger partial charge in [0, 0.05) is 56.0 Å². The van der Waals surface area contributed by atoms with E-state index in [0.717, 1.165) is 68.0 Å². The first-order valence-electron chi connectivity index (χ1n) is 13.8. The molecule has 1 heterocycles. The summed E-state index contributed by atoms with van der Waals surface area (Å²) < 4.78 is 0. The molecule has 1 N–H and O–H groups in total. The van der Waals surface area contributed by atoms with Crippen LogP contribution in [0.4, 0.5) is 5.69 Å². The van der Waals surface area contributed by atoms with Crippen molar-refractivity contribution in [2.45, 2.75) is 64.8 Å². The fourth-order valence-electron chi connectivity index (χ4n) is 5.64. The summed E-state index contributed by atoms with van der Waals surface area (Å²) in [6, 6.07) is 14.5. The molecule has 0 radical (unpaired) electrons. The number of anilines is 1. The molecule has 1 saturated carbocycles. The Morgan fingerprint density at radius 1 is 0.944 bits per heavy atom. The number of amides is 1. The summed E-state index contributed by atoms with van der Waals surface area (Å²) in [5, 5.41) is 3.27. The number of hydrogen-bond acceptors (Lipinski definition) is 4. The first-order chi connectivity index (χ1) is 17.3. The van der Waals surface area contributed by atoms with Crippen molar-refractivity contribution in [3.05, 3.63) is 64.7 Å². The van der Waals surface area contributed by atoms with Crippen LogP contribution in [0.2, 0.25) is 0 Å². The van der Waals surface area contributed by atoms with Crippen molar-refractivity contribution >= 4 is 17.4 Å². The van der Waals surface area contributed by atoms with Crippen LogP contribution < -0.4 is 10.2 Å². The van der Waals surface area contributed by atoms with Gasteiger partial charge in [0.25, 0.3) is 5.91 Å². The van der Waals surface area contributed by atoms with E-state index in [2.05, 4.69) is 22.3 Å². The molecule has 2 aromatic carbocycles. The van der Waals surface area contributed by atoms with E-state index in [1.54, 1.807) is 0 Å². The van der Waals surface area contributed by atoms with Crippen molar-refractivity contribution in [3.63, 3.8) is 0 Å². The lowest BCUT2D eigenvalue weighted by molar-refractivity contribution is 0.0917. The van der Waals surface area contributed by atoms with E-state index in [4.69, 9.17) is 0 Å². The fraction of sp³-hybridized carbons (Fsp3) is 0.548. The summed E-state index contributed by atoms with van der Waals surface area (Å²) in [7, 11) is 3.99. The van der Waals surface area contributed by atoms with Crippen molar-refractivity contribution in [1.82, 2.24) is 10.2 Å². The second kappa shape index (κ2) is 12.1. The molecule has 5 nitrogen and oxygen atoms in total. The average Bonchev–Trinajstić information content (AvgIpc) is 3.09. The summed E-state index contributed by atoms with van der Waals surface area (Å²) in [6.45, 7) is 7.26. The van der Waals surface area contributed by atoms with Gasteiger partial charge in [-0.2, -0.15) is 0 Å². The second-order valence-electron chi connectivity index (χ2n) is 11.3. The minimum Gasteiger partial charge on any atom is -0.378 e. The van der Waals surface area contributed by atoms with Crippen LogP contribution in [-0.4, -0.2) is 56.4 Å². The third kappa shape index (κ3) is 6.76. The lowest BCUT2D eigenvalue weighted by Gasteiger charge is -2.31. The van der Waals surface area contributed by atoms with Crippen molar-refractivity contribution < 1.29 is 9.59 Å². The van der Waals surface area contributed by atoms with Crippen LogP contribution in [0.1, 0.15) is 77.8 Å². The molecule has 4 rings (SSSR count). The quantitative estimate of drug-likeness (QED) is 0.507. The Hall–Kier alpha value is -2.66. The highest BCUT2D eigenvalue weighted by atomic mass is 16.1. The predicted molar refractivity (Wildman–Crippen MR) is 148 cm³/mol. The molecular formula is C31H43N3O2. The number of ketones is 1. The second-order valence-corrected chi connectivity index (χ2v) is 11.3. The SMILES string of the molecule is CC(C)C(=O)c1ccc2c(c1)CCN(CCC1CCC(NC(=O)c3cccc(N(C)C)c3)CC1)CC2. The van der Waals surface area contributed by atoms with Crippen LogP contribution in [0, 0.1) is 11.8 Å². The van der Waals surface area contributed by atoms with Crippen molar-refractivity contribution in [2.75, 3.05) is 38.6 Å². The van der Waals surface area contributed by atoms with Crippen LogP contribution in [-0.2, 0) is 12.8 Å². The van der Waals surface area contributed by atoms with Gasteiger partial charge in [-0.15, -0.1) is 0 Å². The fourth-order valence-corrected chi connectivity index (χ4v) is 5.64. The molecule has 1 aliphatic heterocycles. The molecule has 1 amide bonds. The highest BCUT2D eigenvalue weighted by Crippen LogP contribution is 2.28. The Balaban J connectivity index is 1.20. The van der Waals surface area contributed by atoms with Crippen LogP contribution >= 0.6 is 0 Å². The predicted octanol–water partition coefficient (Wildman–Crippen LogP) is 5.37. The number of carbonyl (C=O) groups is 2. The summed E-state index contributed by atoms with van der Waals surface area (Å²) in [6.07, 6.45) is 7.86. The minimum absolute atomic E-state index is 0.0445. The topological polar surface area (TPSA) is 52.7 Å². The lowest BCUT2D eigenvalue weighted by Crippen LogP contribution is -2.38. The summed E-state index contributed by atoms with van der Waals surface area (Å²) in [5.74, 6) is 1.08. The number of benzene rings is 2. The third-order valence-corrected chi connectivity index (χ3v) is 8.07. The van der Waals surface area contributed by atoms with Crippen LogP contribution in [0.3, 0.4) is 0 Å². The van der Waals surface area contributed by atoms with Gasteiger partial charge in [-0.05, 0) is 92.8 Å². The summed E-state index contributed by atoms with van der Waals surface area (Å²) in [4.78, 5) is 29.8. The van der Waals surface area contributed by atoms with E-state index < -0.39 is 0 Å². The maximum absolute atomic E-state index is 12.8. The maximum atomic E-state index is 12.8. The standard InChI is InChI=1S/C31H43N3O2/c1-22(2)30(35)26-11-10-24-15-18-34(19-16-25(24)20-26)17-14-23-8-12-28(13-9-23)32-31(36)27-6-5-7-29(21-27)33(3)4/h5-7,10-11,20-23,28H,8-9,12-19H2,1-4H3,(H,32,36). The highest BCUT2D eigenvalue weighted by Gasteiger charge is 2.24. The Morgan fingerprint density at radius 3 is 2.36 bits per heavy atom. The summed E-state index contributed by atoms with van der Waals surface area (Å²) in [5.41, 5.74) is 5.42. The number of hydrogen-bond donors (Lipinski definition) is 1. The molecule has 2 aliphatic rings. The van der Waals surface area contributed by atoms with Crippen molar-refractivity contribution in [3.8, 4) is 0 Å². The Kier molecular flexibility index (Phi) is 8.84. The molecule has 0 saturated heterocycles. The Morgan fingerprint density at radius 2 is 1.67 bits per heavy atom. The number of Topliss-reactive ketones (excluding diaryl/α,β-unsaturated/α-hetero) is 1. The molecule has 0 bridgehead atoms. The Bertz CT molecular complexity index is 1050. The van der Waals surface area contributed by atoms with Gasteiger partial charge in [0.05, 0.1) is 0 Å². The van der Waals surface area contributed by atoms with E-state index in [-0.39, 0.29) is 23.7 Å². The number of rotatable bonds is 8. The summed E-state index contributed by atoms with van der Waals surface area (Å²) >= 11 is 0. The minimum atomic E-state index is 0.0445. The molecule has 1 aliphatic carbocycles. The molecule has 0 spiro atoms. The van der Waals surface area contributed by atoms with Gasteiger partial charge < -0.3 is 15.1 Å². The van der Waals surface area contributed by atoms with Gasteiger partial charge in [0.15, 0.2) is 5.78 Å². The highest BCUT2D eigenvalue weighted by molar-refractivity contribution is 5.97. The number of carbonyl (C=O) groups excluding carboxylic acids is 2. The van der Waals surface area contributed by atoms with E-state index in [1.165, 1.54) is 30.4 Å². The molecule has 5 heteroatoms. The Labute approximate surface area is 217 Å². The molecule has 2 aromatic rings. The van der Waals surface area contributed by atoms with E-state index in [0.29, 0.717) is 0 Å². The molecule has 0 atom stereocenters. The third-order valence-electron chi connectivity index (χ3n) is 8.07. The zero-order valence-electron chi connectivity index (χ0n) is 22.6. The van der Waals surface area contributed by atoms with Crippen LogP contribution in [0.25, 0.3) is 0 Å². The zero-order chi connectivity index (χ0) is 25.7. The van der Waals surface area contributed by atoms with Gasteiger partial charge in [0.2, 0.25) is 0 Å². The van der Waals surface area contributed by atoms with Gasteiger partial charge in [0.1, 0.15) is 0 Å². The zero-order valence-corrected chi connectivity index (χ0v) is 22.6.